The number of hydrogen-bond donors (Lipinski definition) is 1. The van der Waals surface area contributed by atoms with E-state index in [0.717, 1.165) is 0 Å². The molecule has 1 amide bonds. The molecule has 54 valence electrons. The first-order chi connectivity index (χ1) is 4.22. The van der Waals surface area contributed by atoms with Gasteiger partial charge < -0.3 is 5.32 Å². The minimum atomic E-state index is -1.33. The van der Waals surface area contributed by atoms with E-state index >= 15 is 0 Å². The van der Waals surface area contributed by atoms with Crippen LogP contribution in [-0.4, -0.2) is 18.6 Å². The number of carbonyl (C=O) groups is 1. The molecule has 0 aromatic carbocycles. The summed E-state index contributed by atoms with van der Waals surface area (Å²) in [6.45, 7) is 3.90. The monoisotopic (exact) mass is 133 g/mol. The van der Waals surface area contributed by atoms with Crippen molar-refractivity contribution in [3.05, 3.63) is 0 Å². The Morgan fingerprint density at radius 3 is 2.56 bits per heavy atom. The van der Waals surface area contributed by atoms with E-state index in [1.807, 2.05) is 0 Å². The molecule has 0 aliphatic carbocycles. The van der Waals surface area contributed by atoms with Crippen molar-refractivity contribution in [3.63, 3.8) is 0 Å². The highest BCUT2D eigenvalue weighted by molar-refractivity contribution is 5.80. The topological polar surface area (TPSA) is 29.1 Å². The van der Waals surface area contributed by atoms with Gasteiger partial charge in [0.05, 0.1) is 0 Å². The molecule has 3 heteroatoms. The summed E-state index contributed by atoms with van der Waals surface area (Å²) in [5, 5.41) is 2.38. The first kappa shape index (κ1) is 8.40. The number of nitrogens with one attached hydrogen (secondary N) is 1. The first-order valence-electron chi connectivity index (χ1n) is 3.14. The van der Waals surface area contributed by atoms with Gasteiger partial charge >= 0.3 is 0 Å². The van der Waals surface area contributed by atoms with Crippen molar-refractivity contribution < 1.29 is 9.18 Å². The molecule has 0 aliphatic rings. The minimum Gasteiger partial charge on any atom is -0.354 e. The summed E-state index contributed by atoms with van der Waals surface area (Å²) in [6.07, 6.45) is -1.07. The number of halogens is 1. The van der Waals surface area contributed by atoms with Gasteiger partial charge in [-0.1, -0.05) is 6.92 Å². The summed E-state index contributed by atoms with van der Waals surface area (Å²) in [5.74, 6) is -0.500. The molecule has 1 unspecified atom stereocenters. The fraction of sp³-hybridized carbons (Fsp3) is 0.833. The lowest BCUT2D eigenvalue weighted by atomic mass is 10.3. The normalized spacial score (nSPS) is 12.8. The van der Waals surface area contributed by atoms with Crippen molar-refractivity contribution in [3.8, 4) is 0 Å². The lowest BCUT2D eigenvalue weighted by Crippen LogP contribution is -2.31. The van der Waals surface area contributed by atoms with Crippen LogP contribution in [0.3, 0.4) is 0 Å². The van der Waals surface area contributed by atoms with Crippen LogP contribution in [-0.2, 0) is 4.79 Å². The van der Waals surface area contributed by atoms with Crippen LogP contribution in [0.5, 0.6) is 0 Å². The van der Waals surface area contributed by atoms with E-state index in [4.69, 9.17) is 0 Å². The molecule has 0 rings (SSSR count). The number of alkyl halides is 1. The second kappa shape index (κ2) is 4.30. The molecule has 1 N–H and O–H groups in total. The van der Waals surface area contributed by atoms with E-state index in [-0.39, 0.29) is 6.42 Å². The lowest BCUT2D eigenvalue weighted by Gasteiger charge is -2.03. The van der Waals surface area contributed by atoms with Crippen LogP contribution in [0, 0.1) is 0 Å². The smallest absolute Gasteiger partial charge is 0.254 e. The van der Waals surface area contributed by atoms with Gasteiger partial charge in [-0.15, -0.1) is 0 Å². The Morgan fingerprint density at radius 1 is 1.67 bits per heavy atom. The van der Waals surface area contributed by atoms with Gasteiger partial charge in [-0.05, 0) is 13.3 Å². The van der Waals surface area contributed by atoms with Gasteiger partial charge in [0.2, 0.25) is 0 Å². The van der Waals surface area contributed by atoms with Gasteiger partial charge in [-0.2, -0.15) is 0 Å². The molecular weight excluding hydrogens is 121 g/mol. The predicted molar refractivity (Wildman–Crippen MR) is 33.9 cm³/mol. The molecule has 0 bridgehead atoms. The van der Waals surface area contributed by atoms with Crippen LogP contribution in [0.15, 0.2) is 0 Å². The van der Waals surface area contributed by atoms with Crippen molar-refractivity contribution in [2.24, 2.45) is 0 Å². The van der Waals surface area contributed by atoms with Crippen LogP contribution < -0.4 is 5.32 Å². The van der Waals surface area contributed by atoms with Gasteiger partial charge in [0, 0.05) is 6.54 Å². The van der Waals surface area contributed by atoms with Crippen LogP contribution >= 0.6 is 0 Å². The fourth-order valence-electron chi connectivity index (χ4n) is 0.470. The average molecular weight is 133 g/mol. The Hall–Kier alpha value is -0.600. The highest BCUT2D eigenvalue weighted by atomic mass is 19.1. The Balaban J connectivity index is 3.46. The van der Waals surface area contributed by atoms with Gasteiger partial charge in [0.1, 0.15) is 0 Å². The molecule has 0 radical (unpaired) electrons. The van der Waals surface area contributed by atoms with Gasteiger partial charge in [0.15, 0.2) is 6.17 Å². The third-order valence-corrected chi connectivity index (χ3v) is 0.994. The molecule has 1 atom stereocenters. The quantitative estimate of drug-likeness (QED) is 0.608. The van der Waals surface area contributed by atoms with Crippen molar-refractivity contribution in [1.82, 2.24) is 5.32 Å². The zero-order chi connectivity index (χ0) is 7.28. The Morgan fingerprint density at radius 2 is 2.22 bits per heavy atom. The second-order valence-electron chi connectivity index (χ2n) is 1.77. The SMILES string of the molecule is CCNC(=O)C(F)CC. The number of rotatable bonds is 3. The summed E-state index contributed by atoms with van der Waals surface area (Å²) in [7, 11) is 0. The zero-order valence-corrected chi connectivity index (χ0v) is 5.78. The molecule has 9 heavy (non-hydrogen) atoms. The molecule has 0 saturated carbocycles. The fourth-order valence-corrected chi connectivity index (χ4v) is 0.470. The van der Waals surface area contributed by atoms with Gasteiger partial charge in [-0.25, -0.2) is 4.39 Å². The van der Waals surface area contributed by atoms with E-state index in [1.165, 1.54) is 0 Å². The minimum absolute atomic E-state index is 0.256. The molecule has 0 saturated heterocycles. The summed E-state index contributed by atoms with van der Waals surface area (Å²) in [6, 6.07) is 0. The van der Waals surface area contributed by atoms with Crippen LogP contribution in [0.4, 0.5) is 4.39 Å². The average Bonchev–Trinajstić information content (AvgIpc) is 1.87. The van der Waals surface area contributed by atoms with E-state index < -0.39 is 12.1 Å². The third-order valence-electron chi connectivity index (χ3n) is 0.994. The summed E-state index contributed by atoms with van der Waals surface area (Å²) >= 11 is 0. The highest BCUT2D eigenvalue weighted by Crippen LogP contribution is 1.94. The maximum Gasteiger partial charge on any atom is 0.254 e. The van der Waals surface area contributed by atoms with Crippen molar-refractivity contribution >= 4 is 5.91 Å². The Bertz CT molecular complexity index is 95.1. The van der Waals surface area contributed by atoms with Gasteiger partial charge in [-0.3, -0.25) is 4.79 Å². The molecule has 2 nitrogen and oxygen atoms in total. The van der Waals surface area contributed by atoms with E-state index in [0.29, 0.717) is 6.54 Å². The Labute approximate surface area is 54.4 Å². The largest absolute Gasteiger partial charge is 0.354 e. The predicted octanol–water partition coefficient (Wildman–Crippen LogP) is 0.871. The lowest BCUT2D eigenvalue weighted by molar-refractivity contribution is -0.125. The number of amides is 1. The summed E-state index contributed by atoms with van der Waals surface area (Å²) < 4.78 is 12.3. The zero-order valence-electron chi connectivity index (χ0n) is 5.78. The maximum absolute atomic E-state index is 12.3. The standard InChI is InChI=1S/C6H12FNO/c1-3-5(7)6(9)8-4-2/h5H,3-4H2,1-2H3,(H,8,9). The van der Waals surface area contributed by atoms with Crippen LogP contribution in [0.1, 0.15) is 20.3 Å². The molecule has 0 heterocycles. The van der Waals surface area contributed by atoms with Crippen molar-refractivity contribution in [1.29, 1.82) is 0 Å². The molecule has 0 aromatic heterocycles. The van der Waals surface area contributed by atoms with Crippen LogP contribution in [0.25, 0.3) is 0 Å². The van der Waals surface area contributed by atoms with Gasteiger partial charge in [0.25, 0.3) is 5.91 Å². The molecular formula is C6H12FNO. The number of carbonyl (C=O) groups excluding carboxylic acids is 1. The Kier molecular flexibility index (Phi) is 4.01. The number of hydrogen-bond acceptors (Lipinski definition) is 1. The third kappa shape index (κ3) is 3.06. The molecule has 0 spiro atoms. The second-order valence-corrected chi connectivity index (χ2v) is 1.77. The van der Waals surface area contributed by atoms with E-state index in [9.17, 15) is 9.18 Å². The van der Waals surface area contributed by atoms with Crippen molar-refractivity contribution in [2.75, 3.05) is 6.54 Å². The molecule has 0 fully saturated rings. The highest BCUT2D eigenvalue weighted by Gasteiger charge is 2.11. The molecule has 0 aliphatic heterocycles. The van der Waals surface area contributed by atoms with Crippen LogP contribution in [0.2, 0.25) is 0 Å². The van der Waals surface area contributed by atoms with E-state index in [1.54, 1.807) is 13.8 Å². The van der Waals surface area contributed by atoms with Crippen molar-refractivity contribution in [2.45, 2.75) is 26.4 Å². The molecule has 0 aromatic rings. The maximum atomic E-state index is 12.3. The first-order valence-corrected chi connectivity index (χ1v) is 3.14. The van der Waals surface area contributed by atoms with E-state index in [2.05, 4.69) is 5.32 Å². The summed E-state index contributed by atoms with van der Waals surface area (Å²) in [4.78, 5) is 10.5. The summed E-state index contributed by atoms with van der Waals surface area (Å²) in [5.41, 5.74) is 0.